The van der Waals surface area contributed by atoms with E-state index < -0.39 is 0 Å². The number of rotatable bonds is 2. The van der Waals surface area contributed by atoms with Gasteiger partial charge < -0.3 is 4.90 Å². The van der Waals surface area contributed by atoms with Gasteiger partial charge in [-0.2, -0.15) is 0 Å². The first-order valence-corrected chi connectivity index (χ1v) is 7.48. The minimum Gasteiger partial charge on any atom is -0.377 e. The molecule has 0 radical (unpaired) electrons. The fourth-order valence-corrected chi connectivity index (χ4v) is 3.31. The van der Waals surface area contributed by atoms with Gasteiger partial charge in [0.1, 0.15) is 0 Å². The molecule has 21 heavy (non-hydrogen) atoms. The molecule has 0 aliphatic heterocycles. The number of benzene rings is 2. The molecular weight excluding hydrogens is 280 g/mol. The zero-order valence-electron chi connectivity index (χ0n) is 12.0. The van der Waals surface area contributed by atoms with Gasteiger partial charge in [-0.25, -0.2) is 0 Å². The zero-order chi connectivity index (χ0) is 15.1. The maximum absolute atomic E-state index is 12.9. The number of nitrogens with two attached hydrogens (primary N) is 1. The fraction of sp³-hybridized carbons (Fsp3) is 0.118. The average Bonchev–Trinajstić information content (AvgIpc) is 2.50. The molecule has 106 valence electrons. The molecular formula is C17H16N2OS. The number of carbonyl (C=O) groups excluding carboxylic acids is 1. The minimum absolute atomic E-state index is 0.0348. The van der Waals surface area contributed by atoms with Crippen LogP contribution in [0.1, 0.15) is 27.0 Å². The molecule has 1 aliphatic carbocycles. The number of fused-ring (bicyclic) bond motifs is 2. The first-order valence-electron chi connectivity index (χ1n) is 6.60. The van der Waals surface area contributed by atoms with Gasteiger partial charge in [0.25, 0.3) is 0 Å². The Bertz CT molecular complexity index is 765. The highest BCUT2D eigenvalue weighted by Crippen LogP contribution is 2.41. The van der Waals surface area contributed by atoms with Crippen molar-refractivity contribution >= 4 is 29.0 Å². The lowest BCUT2D eigenvalue weighted by molar-refractivity contribution is 0.103. The van der Waals surface area contributed by atoms with E-state index in [-0.39, 0.29) is 5.78 Å². The largest absolute Gasteiger partial charge is 0.377 e. The molecule has 1 aliphatic rings. The lowest BCUT2D eigenvalue weighted by Crippen LogP contribution is -2.20. The molecule has 0 amide bonds. The summed E-state index contributed by atoms with van der Waals surface area (Å²) in [6.07, 6.45) is 0. The maximum Gasteiger partial charge on any atom is 0.196 e. The zero-order valence-corrected chi connectivity index (χ0v) is 12.8. The van der Waals surface area contributed by atoms with Gasteiger partial charge in [0.2, 0.25) is 0 Å². The van der Waals surface area contributed by atoms with E-state index in [1.807, 2.05) is 55.4 Å². The van der Waals surface area contributed by atoms with Gasteiger partial charge in [0, 0.05) is 35.8 Å². The second-order valence-corrected chi connectivity index (χ2v) is 5.87. The van der Waals surface area contributed by atoms with Crippen LogP contribution in [0.5, 0.6) is 0 Å². The molecule has 2 aromatic rings. The Labute approximate surface area is 128 Å². The average molecular weight is 296 g/mol. The summed E-state index contributed by atoms with van der Waals surface area (Å²) >= 11 is 1.15. The molecule has 4 heteroatoms. The Kier molecular flexibility index (Phi) is 3.35. The van der Waals surface area contributed by atoms with Crippen LogP contribution in [0.4, 0.5) is 5.69 Å². The van der Waals surface area contributed by atoms with Gasteiger partial charge in [0.05, 0.1) is 5.56 Å². The summed E-state index contributed by atoms with van der Waals surface area (Å²) < 4.78 is 0. The Hall–Kier alpha value is -2.04. The third-order valence-corrected chi connectivity index (χ3v) is 4.37. The molecule has 0 saturated carbocycles. The lowest BCUT2D eigenvalue weighted by atomic mass is 9.81. The Balaban J connectivity index is 2.33. The molecule has 0 saturated heterocycles. The molecule has 0 fully saturated rings. The molecule has 2 aromatic carbocycles. The smallest absolute Gasteiger partial charge is 0.196 e. The highest BCUT2D eigenvalue weighted by atomic mass is 32.2. The number of nitrogens with zero attached hydrogens (tertiary/aromatic N) is 1. The van der Waals surface area contributed by atoms with Crippen LogP contribution >= 0.6 is 11.9 Å². The van der Waals surface area contributed by atoms with E-state index >= 15 is 0 Å². The first-order chi connectivity index (χ1) is 10.1. The summed E-state index contributed by atoms with van der Waals surface area (Å²) in [5.74, 6) is 0.0348. The molecule has 2 N–H and O–H groups in total. The van der Waals surface area contributed by atoms with Gasteiger partial charge in [-0.1, -0.05) is 30.8 Å². The van der Waals surface area contributed by atoms with Gasteiger partial charge in [-0.3, -0.25) is 9.93 Å². The van der Waals surface area contributed by atoms with Crippen LogP contribution in [0.2, 0.25) is 0 Å². The second kappa shape index (κ2) is 5.06. The van der Waals surface area contributed by atoms with Crippen LogP contribution in [0.25, 0.3) is 5.57 Å². The van der Waals surface area contributed by atoms with Crippen molar-refractivity contribution in [1.29, 1.82) is 0 Å². The van der Waals surface area contributed by atoms with E-state index in [2.05, 4.69) is 6.58 Å². The van der Waals surface area contributed by atoms with Crippen molar-refractivity contribution in [3.05, 3.63) is 65.2 Å². The summed E-state index contributed by atoms with van der Waals surface area (Å²) in [6.45, 7) is 4.20. The predicted octanol–water partition coefficient (Wildman–Crippen LogP) is 3.32. The van der Waals surface area contributed by atoms with Crippen molar-refractivity contribution in [2.24, 2.45) is 5.14 Å². The van der Waals surface area contributed by atoms with Crippen molar-refractivity contribution in [3.8, 4) is 0 Å². The van der Waals surface area contributed by atoms with Crippen molar-refractivity contribution < 1.29 is 4.79 Å². The number of anilines is 1. The summed E-state index contributed by atoms with van der Waals surface area (Å²) in [6, 6.07) is 11.5. The van der Waals surface area contributed by atoms with Crippen LogP contribution in [0.15, 0.2) is 47.9 Å². The van der Waals surface area contributed by atoms with E-state index in [0.29, 0.717) is 5.56 Å². The third-order valence-electron chi connectivity index (χ3n) is 3.78. The molecule has 0 heterocycles. The molecule has 3 nitrogen and oxygen atoms in total. The maximum atomic E-state index is 12.9. The van der Waals surface area contributed by atoms with Crippen LogP contribution in [0.3, 0.4) is 0 Å². The van der Waals surface area contributed by atoms with Crippen LogP contribution in [-0.2, 0) is 0 Å². The topological polar surface area (TPSA) is 46.3 Å². The summed E-state index contributed by atoms with van der Waals surface area (Å²) in [7, 11) is 3.88. The van der Waals surface area contributed by atoms with Gasteiger partial charge in [-0.05, 0) is 35.2 Å². The third kappa shape index (κ3) is 1.99. The van der Waals surface area contributed by atoms with Gasteiger partial charge in [-0.15, -0.1) is 0 Å². The van der Waals surface area contributed by atoms with E-state index in [9.17, 15) is 4.79 Å². The Morgan fingerprint density at radius 1 is 1.05 bits per heavy atom. The molecule has 0 aromatic heterocycles. The normalized spacial score (nSPS) is 12.9. The van der Waals surface area contributed by atoms with Gasteiger partial charge >= 0.3 is 0 Å². The Morgan fingerprint density at radius 2 is 1.71 bits per heavy atom. The lowest BCUT2D eigenvalue weighted by Gasteiger charge is -2.26. The molecule has 0 unspecified atom stereocenters. The summed E-state index contributed by atoms with van der Waals surface area (Å²) in [5, 5.41) is 5.74. The number of hydrogen-bond acceptors (Lipinski definition) is 4. The SMILES string of the molecule is C=C1c2cccc(N(C)C)c2C(=O)c2cccc(SN)c21. The Morgan fingerprint density at radius 3 is 2.38 bits per heavy atom. The van der Waals surface area contributed by atoms with E-state index in [1.54, 1.807) is 0 Å². The minimum atomic E-state index is 0.0348. The predicted molar refractivity (Wildman–Crippen MR) is 88.8 cm³/mol. The van der Waals surface area contributed by atoms with Crippen LogP contribution < -0.4 is 10.0 Å². The van der Waals surface area contributed by atoms with Crippen molar-refractivity contribution in [2.45, 2.75) is 4.90 Å². The first kappa shape index (κ1) is 13.9. The van der Waals surface area contributed by atoms with Crippen molar-refractivity contribution in [2.75, 3.05) is 19.0 Å². The molecule has 3 rings (SSSR count). The second-order valence-electron chi connectivity index (χ2n) is 5.20. The van der Waals surface area contributed by atoms with E-state index in [4.69, 9.17) is 5.14 Å². The van der Waals surface area contributed by atoms with Gasteiger partial charge in [0.15, 0.2) is 5.78 Å². The molecule has 0 bridgehead atoms. The number of ketones is 1. The number of hydrogen-bond donors (Lipinski definition) is 1. The summed E-state index contributed by atoms with van der Waals surface area (Å²) in [4.78, 5) is 15.8. The van der Waals surface area contributed by atoms with E-state index in [1.165, 1.54) is 0 Å². The van der Waals surface area contributed by atoms with Crippen molar-refractivity contribution in [3.63, 3.8) is 0 Å². The molecule has 0 spiro atoms. The number of carbonyl (C=O) groups is 1. The van der Waals surface area contributed by atoms with Crippen LogP contribution in [0, 0.1) is 0 Å². The highest BCUT2D eigenvalue weighted by molar-refractivity contribution is 7.97. The van der Waals surface area contributed by atoms with E-state index in [0.717, 1.165) is 44.8 Å². The molecule has 0 atom stereocenters. The fourth-order valence-electron chi connectivity index (χ4n) is 2.80. The highest BCUT2D eigenvalue weighted by Gasteiger charge is 2.30. The quantitative estimate of drug-likeness (QED) is 0.737. The van der Waals surface area contributed by atoms with Crippen LogP contribution in [-0.4, -0.2) is 19.9 Å². The summed E-state index contributed by atoms with van der Waals surface area (Å²) in [5.41, 5.74) is 4.92. The standard InChI is InChI=1S/C17H16N2OS/c1-10-11-6-4-8-13(19(2)3)16(11)17(20)12-7-5-9-14(21-18)15(10)12/h4-9H,1,18H2,2-3H3. The monoisotopic (exact) mass is 296 g/mol. The van der Waals surface area contributed by atoms with Crippen molar-refractivity contribution in [1.82, 2.24) is 0 Å².